The fraction of sp³-hybridized carbons (Fsp3) is 0.571. The Kier molecular flexibility index (Phi) is 4.02. The van der Waals surface area contributed by atoms with Gasteiger partial charge in [0.1, 0.15) is 5.75 Å². The highest BCUT2D eigenvalue weighted by atomic mass is 16.5. The van der Waals surface area contributed by atoms with Crippen LogP contribution in [0.4, 0.5) is 0 Å². The summed E-state index contributed by atoms with van der Waals surface area (Å²) >= 11 is 0. The lowest BCUT2D eigenvalue weighted by Crippen LogP contribution is -2.53. The summed E-state index contributed by atoms with van der Waals surface area (Å²) in [6, 6.07) is 7.57. The van der Waals surface area contributed by atoms with E-state index in [2.05, 4.69) is 5.32 Å². The van der Waals surface area contributed by atoms with Crippen molar-refractivity contribution in [1.29, 1.82) is 0 Å². The van der Waals surface area contributed by atoms with Crippen LogP contribution in [-0.2, 0) is 11.2 Å². The van der Waals surface area contributed by atoms with Crippen molar-refractivity contribution in [3.05, 3.63) is 29.8 Å². The van der Waals surface area contributed by atoms with Gasteiger partial charge in [0.05, 0.1) is 6.61 Å². The first-order chi connectivity index (χ1) is 8.26. The van der Waals surface area contributed by atoms with Gasteiger partial charge in [-0.2, -0.15) is 0 Å². The summed E-state index contributed by atoms with van der Waals surface area (Å²) < 4.78 is 5.35. The van der Waals surface area contributed by atoms with Crippen molar-refractivity contribution in [2.75, 3.05) is 20.3 Å². The average Bonchev–Trinajstić information content (AvgIpc) is 2.34. The first-order valence-corrected chi connectivity index (χ1v) is 6.27. The predicted molar refractivity (Wildman–Crippen MR) is 68.3 cm³/mol. The molecule has 3 nitrogen and oxygen atoms in total. The highest BCUT2D eigenvalue weighted by Crippen LogP contribution is 2.28. The number of aromatic hydroxyl groups is 1. The van der Waals surface area contributed by atoms with E-state index >= 15 is 0 Å². The molecule has 1 aliphatic rings. The molecule has 1 saturated heterocycles. The van der Waals surface area contributed by atoms with Gasteiger partial charge >= 0.3 is 0 Å². The van der Waals surface area contributed by atoms with Crippen molar-refractivity contribution in [1.82, 2.24) is 5.32 Å². The molecule has 2 N–H and O–H groups in total. The summed E-state index contributed by atoms with van der Waals surface area (Å²) in [7, 11) is 1.74. The Balaban J connectivity index is 2.14. The lowest BCUT2D eigenvalue weighted by atomic mass is 9.83. The maximum atomic E-state index is 9.86. The molecule has 0 spiro atoms. The molecule has 1 aromatic carbocycles. The molecular weight excluding hydrogens is 214 g/mol. The van der Waals surface area contributed by atoms with Gasteiger partial charge in [-0.1, -0.05) is 24.6 Å². The van der Waals surface area contributed by atoms with Gasteiger partial charge in [0.15, 0.2) is 0 Å². The maximum Gasteiger partial charge on any atom is 0.118 e. The van der Waals surface area contributed by atoms with Gasteiger partial charge in [0.2, 0.25) is 0 Å². The largest absolute Gasteiger partial charge is 0.508 e. The van der Waals surface area contributed by atoms with Crippen LogP contribution in [0.5, 0.6) is 5.75 Å². The topological polar surface area (TPSA) is 41.5 Å². The Morgan fingerprint density at radius 1 is 1.35 bits per heavy atom. The van der Waals surface area contributed by atoms with Crippen molar-refractivity contribution in [3.8, 4) is 5.75 Å². The minimum absolute atomic E-state index is 0.00810. The van der Waals surface area contributed by atoms with E-state index in [1.165, 1.54) is 12.8 Å². The van der Waals surface area contributed by atoms with Crippen molar-refractivity contribution < 1.29 is 9.84 Å². The van der Waals surface area contributed by atoms with E-state index in [9.17, 15) is 5.11 Å². The summed E-state index contributed by atoms with van der Waals surface area (Å²) in [6.07, 6.45) is 4.39. The zero-order valence-electron chi connectivity index (χ0n) is 10.4. The Labute approximate surface area is 103 Å². The Hall–Kier alpha value is -1.06. The van der Waals surface area contributed by atoms with Crippen molar-refractivity contribution in [2.24, 2.45) is 0 Å². The SMILES string of the molecule is COCC1(Cc2ccccc2O)CCCCN1. The van der Waals surface area contributed by atoms with Crippen molar-refractivity contribution in [3.63, 3.8) is 0 Å². The molecule has 0 amide bonds. The number of benzene rings is 1. The van der Waals surface area contributed by atoms with Gasteiger partial charge in [0.25, 0.3) is 0 Å². The molecular formula is C14H21NO2. The van der Waals surface area contributed by atoms with Crippen LogP contribution >= 0.6 is 0 Å². The van der Waals surface area contributed by atoms with E-state index in [1.807, 2.05) is 18.2 Å². The van der Waals surface area contributed by atoms with Crippen LogP contribution in [-0.4, -0.2) is 30.9 Å². The minimum atomic E-state index is -0.00810. The second-order valence-corrected chi connectivity index (χ2v) is 4.90. The highest BCUT2D eigenvalue weighted by Gasteiger charge is 2.32. The number of phenolic OH excluding ortho intramolecular Hbond substituents is 1. The number of piperidine rings is 1. The Bertz CT molecular complexity index is 353. The summed E-state index contributed by atoms with van der Waals surface area (Å²) in [4.78, 5) is 0. The number of phenols is 1. The molecule has 0 aliphatic carbocycles. The van der Waals surface area contributed by atoms with Gasteiger partial charge in [-0.05, 0) is 37.4 Å². The van der Waals surface area contributed by atoms with Crippen LogP contribution < -0.4 is 5.32 Å². The molecule has 1 fully saturated rings. The lowest BCUT2D eigenvalue weighted by Gasteiger charge is -2.38. The van der Waals surface area contributed by atoms with Crippen LogP contribution in [0.25, 0.3) is 0 Å². The van der Waals surface area contributed by atoms with Gasteiger partial charge in [-0.3, -0.25) is 0 Å². The van der Waals surface area contributed by atoms with Crippen LogP contribution in [0.2, 0.25) is 0 Å². The molecule has 0 aromatic heterocycles. The first-order valence-electron chi connectivity index (χ1n) is 6.27. The Morgan fingerprint density at radius 3 is 2.82 bits per heavy atom. The number of ether oxygens (including phenoxy) is 1. The quantitative estimate of drug-likeness (QED) is 0.839. The predicted octanol–water partition coefficient (Wildman–Crippen LogP) is 2.09. The maximum absolute atomic E-state index is 9.86. The molecule has 2 rings (SSSR count). The molecule has 1 aliphatic heterocycles. The monoisotopic (exact) mass is 235 g/mol. The summed E-state index contributed by atoms with van der Waals surface area (Å²) in [5.41, 5.74) is 0.991. The van der Waals surface area contributed by atoms with Crippen LogP contribution in [0.15, 0.2) is 24.3 Å². The van der Waals surface area contributed by atoms with E-state index in [4.69, 9.17) is 4.74 Å². The summed E-state index contributed by atoms with van der Waals surface area (Å²) in [5, 5.41) is 13.4. The van der Waals surface area contributed by atoms with E-state index in [0.29, 0.717) is 12.4 Å². The fourth-order valence-electron chi connectivity index (χ4n) is 2.66. The van der Waals surface area contributed by atoms with Gasteiger partial charge < -0.3 is 15.2 Å². The number of hydrogen-bond acceptors (Lipinski definition) is 3. The molecule has 1 atom stereocenters. The number of methoxy groups -OCH3 is 1. The van der Waals surface area contributed by atoms with Gasteiger partial charge in [-0.25, -0.2) is 0 Å². The zero-order valence-corrected chi connectivity index (χ0v) is 10.4. The molecule has 1 unspecified atom stereocenters. The smallest absolute Gasteiger partial charge is 0.118 e. The van der Waals surface area contributed by atoms with E-state index < -0.39 is 0 Å². The fourth-order valence-corrected chi connectivity index (χ4v) is 2.66. The van der Waals surface area contributed by atoms with Crippen LogP contribution in [0.3, 0.4) is 0 Å². The molecule has 0 bridgehead atoms. The molecule has 0 saturated carbocycles. The second kappa shape index (κ2) is 5.52. The number of nitrogens with one attached hydrogen (secondary N) is 1. The molecule has 3 heteroatoms. The standard InChI is InChI=1S/C14H21NO2/c1-17-11-14(8-4-5-9-15-14)10-12-6-2-3-7-13(12)16/h2-3,6-7,15-16H,4-5,8-11H2,1H3. The normalized spacial score (nSPS) is 24.8. The van der Waals surface area contributed by atoms with Crippen molar-refractivity contribution >= 4 is 0 Å². The Morgan fingerprint density at radius 2 is 2.18 bits per heavy atom. The lowest BCUT2D eigenvalue weighted by molar-refractivity contribution is 0.0890. The molecule has 0 radical (unpaired) electrons. The third kappa shape index (κ3) is 2.99. The van der Waals surface area contributed by atoms with Crippen LogP contribution in [0.1, 0.15) is 24.8 Å². The van der Waals surface area contributed by atoms with E-state index in [1.54, 1.807) is 13.2 Å². The van der Waals surface area contributed by atoms with E-state index in [-0.39, 0.29) is 5.54 Å². The molecule has 17 heavy (non-hydrogen) atoms. The number of rotatable bonds is 4. The summed E-state index contributed by atoms with van der Waals surface area (Å²) in [6.45, 7) is 1.73. The second-order valence-electron chi connectivity index (χ2n) is 4.90. The third-order valence-electron chi connectivity index (χ3n) is 3.52. The minimum Gasteiger partial charge on any atom is -0.508 e. The molecule has 1 aromatic rings. The van der Waals surface area contributed by atoms with E-state index in [0.717, 1.165) is 24.9 Å². The third-order valence-corrected chi connectivity index (χ3v) is 3.52. The van der Waals surface area contributed by atoms with Crippen LogP contribution in [0, 0.1) is 0 Å². The first kappa shape index (κ1) is 12.4. The van der Waals surface area contributed by atoms with Gasteiger partial charge in [-0.15, -0.1) is 0 Å². The molecule has 94 valence electrons. The summed E-state index contributed by atoms with van der Waals surface area (Å²) in [5.74, 6) is 0.385. The number of hydrogen-bond donors (Lipinski definition) is 2. The van der Waals surface area contributed by atoms with Crippen molar-refractivity contribution in [2.45, 2.75) is 31.2 Å². The van der Waals surface area contributed by atoms with Gasteiger partial charge in [0, 0.05) is 12.6 Å². The number of para-hydroxylation sites is 1. The molecule has 1 heterocycles. The highest BCUT2D eigenvalue weighted by molar-refractivity contribution is 5.33. The zero-order chi connectivity index (χ0) is 12.1. The average molecular weight is 235 g/mol.